The van der Waals surface area contributed by atoms with Gasteiger partial charge in [-0.3, -0.25) is 0 Å². The van der Waals surface area contributed by atoms with Gasteiger partial charge in [-0.1, -0.05) is 127 Å². The summed E-state index contributed by atoms with van der Waals surface area (Å²) in [5.41, 5.74) is 8.16. The van der Waals surface area contributed by atoms with Gasteiger partial charge in [0, 0.05) is 38.6 Å². The molecule has 0 saturated heterocycles. The molecular weight excluding hydrogens is 550 g/mol. The fraction of sp³-hybridized carbons (Fsp3) is 0. The highest BCUT2D eigenvalue weighted by Gasteiger charge is 2.18. The minimum absolute atomic E-state index is 0.515. The molecule has 0 aliphatic heterocycles. The lowest BCUT2D eigenvalue weighted by atomic mass is 9.96. The Morgan fingerprint density at radius 3 is 1.51 bits per heavy atom. The maximum absolute atomic E-state index is 10.5. The fourth-order valence-electron chi connectivity index (χ4n) is 6.03. The Bertz CT molecular complexity index is 2270. The Labute approximate surface area is 260 Å². The summed E-state index contributed by atoms with van der Waals surface area (Å²) in [7, 11) is 0. The highest BCUT2D eigenvalue weighted by atomic mass is 15.0. The van der Waals surface area contributed by atoms with Crippen molar-refractivity contribution < 1.29 is 0 Å². The van der Waals surface area contributed by atoms with Crippen LogP contribution in [0.4, 0.5) is 0 Å². The largest absolute Gasteiger partial charge is 0.309 e. The molecule has 2 heterocycles. The lowest BCUT2D eigenvalue weighted by Gasteiger charge is -2.15. The Kier molecular flexibility index (Phi) is 6.44. The van der Waals surface area contributed by atoms with Crippen LogP contribution in [0.2, 0.25) is 0 Å². The van der Waals surface area contributed by atoms with Crippen LogP contribution in [0.1, 0.15) is 5.56 Å². The van der Waals surface area contributed by atoms with Crippen LogP contribution in [-0.2, 0) is 0 Å². The molecule has 0 spiro atoms. The van der Waals surface area contributed by atoms with E-state index < -0.39 is 0 Å². The molecule has 5 nitrogen and oxygen atoms in total. The lowest BCUT2D eigenvalue weighted by molar-refractivity contribution is 1.07. The van der Waals surface area contributed by atoms with E-state index in [-0.39, 0.29) is 0 Å². The van der Waals surface area contributed by atoms with E-state index in [2.05, 4.69) is 71.3 Å². The SMILES string of the molecule is N#Cc1cc(-c2nc(-c3ccccc3)nc(-c3ccccc3)n2)ccc1-c1ccccc1-n1c2ccccc2c2ccccc21. The molecule has 6 aromatic carbocycles. The van der Waals surface area contributed by atoms with E-state index in [4.69, 9.17) is 15.0 Å². The number of fused-ring (bicyclic) bond motifs is 3. The normalized spacial score (nSPS) is 11.1. The minimum Gasteiger partial charge on any atom is -0.309 e. The summed E-state index contributed by atoms with van der Waals surface area (Å²) in [5.74, 6) is 1.68. The molecule has 8 rings (SSSR count). The molecule has 0 radical (unpaired) electrons. The van der Waals surface area contributed by atoms with Gasteiger partial charge >= 0.3 is 0 Å². The maximum atomic E-state index is 10.5. The highest BCUT2D eigenvalue weighted by Crippen LogP contribution is 2.38. The van der Waals surface area contributed by atoms with Gasteiger partial charge in [0.15, 0.2) is 17.5 Å². The smallest absolute Gasteiger partial charge is 0.164 e. The standard InChI is InChI=1S/C40H25N5/c41-26-30-25-29(40-43-38(27-13-3-1-4-14-27)42-39(44-40)28-15-5-2-6-16-28)23-24-31(30)32-17-7-10-20-35(32)45-36-21-11-8-18-33(36)34-19-9-12-22-37(34)45/h1-25H. The third-order valence-electron chi connectivity index (χ3n) is 8.11. The first-order valence-corrected chi connectivity index (χ1v) is 14.8. The molecule has 45 heavy (non-hydrogen) atoms. The lowest BCUT2D eigenvalue weighted by Crippen LogP contribution is -2.01. The van der Waals surface area contributed by atoms with Crippen molar-refractivity contribution in [3.63, 3.8) is 0 Å². The molecule has 0 N–H and O–H groups in total. The van der Waals surface area contributed by atoms with E-state index in [0.29, 0.717) is 23.0 Å². The highest BCUT2D eigenvalue weighted by molar-refractivity contribution is 6.09. The van der Waals surface area contributed by atoms with E-state index in [1.165, 1.54) is 10.8 Å². The van der Waals surface area contributed by atoms with Crippen molar-refractivity contribution in [1.29, 1.82) is 5.26 Å². The zero-order valence-electron chi connectivity index (χ0n) is 24.2. The van der Waals surface area contributed by atoms with Crippen molar-refractivity contribution >= 4 is 21.8 Å². The molecule has 0 unspecified atom stereocenters. The monoisotopic (exact) mass is 575 g/mol. The number of nitrogens with zero attached hydrogens (tertiary/aromatic N) is 5. The van der Waals surface area contributed by atoms with Crippen LogP contribution in [0, 0.1) is 11.3 Å². The van der Waals surface area contributed by atoms with Crippen molar-refractivity contribution in [3.05, 3.63) is 157 Å². The molecule has 0 fully saturated rings. The molecule has 0 aliphatic rings. The number of para-hydroxylation sites is 3. The van der Waals surface area contributed by atoms with Gasteiger partial charge in [0.05, 0.1) is 28.4 Å². The Hall–Kier alpha value is -6.38. The number of hydrogen-bond acceptors (Lipinski definition) is 4. The first kappa shape index (κ1) is 26.3. The Balaban J connectivity index is 1.30. The van der Waals surface area contributed by atoms with Gasteiger partial charge in [-0.05, 0) is 24.3 Å². The van der Waals surface area contributed by atoms with Crippen LogP contribution in [0.5, 0.6) is 0 Å². The molecule has 210 valence electrons. The van der Waals surface area contributed by atoms with Crippen LogP contribution in [0.15, 0.2) is 152 Å². The second kappa shape index (κ2) is 11.0. The first-order valence-electron chi connectivity index (χ1n) is 14.8. The van der Waals surface area contributed by atoms with Gasteiger partial charge in [-0.25, -0.2) is 15.0 Å². The molecule has 0 atom stereocenters. The van der Waals surface area contributed by atoms with E-state index in [0.717, 1.165) is 44.5 Å². The summed E-state index contributed by atoms with van der Waals surface area (Å²) in [4.78, 5) is 14.5. The molecule has 0 amide bonds. The molecule has 0 aliphatic carbocycles. The van der Waals surface area contributed by atoms with Crippen molar-refractivity contribution in [2.24, 2.45) is 0 Å². The number of nitriles is 1. The van der Waals surface area contributed by atoms with Crippen LogP contribution in [0.25, 0.3) is 72.8 Å². The van der Waals surface area contributed by atoms with E-state index in [1.807, 2.05) is 91.0 Å². The third kappa shape index (κ3) is 4.62. The summed E-state index contributed by atoms with van der Waals surface area (Å²) < 4.78 is 2.29. The predicted molar refractivity (Wildman–Crippen MR) is 181 cm³/mol. The van der Waals surface area contributed by atoms with Crippen LogP contribution in [-0.4, -0.2) is 19.5 Å². The van der Waals surface area contributed by atoms with Gasteiger partial charge < -0.3 is 4.57 Å². The van der Waals surface area contributed by atoms with Gasteiger partial charge in [0.2, 0.25) is 0 Å². The summed E-state index contributed by atoms with van der Waals surface area (Å²) in [6.07, 6.45) is 0. The first-order chi connectivity index (χ1) is 22.3. The molecule has 0 saturated carbocycles. The molecule has 5 heteroatoms. The summed E-state index contributed by atoms with van der Waals surface area (Å²) in [5, 5.41) is 12.9. The van der Waals surface area contributed by atoms with Crippen molar-refractivity contribution in [3.8, 4) is 57.0 Å². The summed E-state index contributed by atoms with van der Waals surface area (Å²) in [6.45, 7) is 0. The number of benzene rings is 6. The summed E-state index contributed by atoms with van der Waals surface area (Å²) in [6, 6.07) is 53.3. The van der Waals surface area contributed by atoms with Crippen molar-refractivity contribution in [1.82, 2.24) is 19.5 Å². The van der Waals surface area contributed by atoms with Crippen LogP contribution < -0.4 is 0 Å². The van der Waals surface area contributed by atoms with E-state index >= 15 is 0 Å². The molecular formula is C40H25N5. The number of aromatic nitrogens is 4. The second-order valence-corrected chi connectivity index (χ2v) is 10.8. The maximum Gasteiger partial charge on any atom is 0.164 e. The average molecular weight is 576 g/mol. The summed E-state index contributed by atoms with van der Waals surface area (Å²) >= 11 is 0. The zero-order valence-corrected chi connectivity index (χ0v) is 24.2. The quantitative estimate of drug-likeness (QED) is 0.205. The predicted octanol–water partition coefficient (Wildman–Crippen LogP) is 9.51. The molecule has 8 aromatic rings. The Morgan fingerprint density at radius 1 is 0.444 bits per heavy atom. The zero-order chi connectivity index (χ0) is 30.2. The van der Waals surface area contributed by atoms with Gasteiger partial charge in [-0.15, -0.1) is 0 Å². The topological polar surface area (TPSA) is 67.4 Å². The van der Waals surface area contributed by atoms with Crippen LogP contribution in [0.3, 0.4) is 0 Å². The Morgan fingerprint density at radius 2 is 0.933 bits per heavy atom. The average Bonchev–Trinajstić information content (AvgIpc) is 3.46. The van der Waals surface area contributed by atoms with Gasteiger partial charge in [0.1, 0.15) is 0 Å². The molecule has 0 bridgehead atoms. The van der Waals surface area contributed by atoms with E-state index in [9.17, 15) is 5.26 Å². The van der Waals surface area contributed by atoms with Gasteiger partial charge in [-0.2, -0.15) is 5.26 Å². The second-order valence-electron chi connectivity index (χ2n) is 10.8. The molecule has 2 aromatic heterocycles. The van der Waals surface area contributed by atoms with Crippen molar-refractivity contribution in [2.45, 2.75) is 0 Å². The number of rotatable bonds is 5. The fourth-order valence-corrected chi connectivity index (χ4v) is 6.03. The van der Waals surface area contributed by atoms with E-state index in [1.54, 1.807) is 0 Å². The minimum atomic E-state index is 0.515. The van der Waals surface area contributed by atoms with Crippen molar-refractivity contribution in [2.75, 3.05) is 0 Å². The number of hydrogen-bond donors (Lipinski definition) is 0. The van der Waals surface area contributed by atoms with Gasteiger partial charge in [0.25, 0.3) is 0 Å². The third-order valence-corrected chi connectivity index (χ3v) is 8.11. The van der Waals surface area contributed by atoms with Crippen LogP contribution >= 0.6 is 0 Å².